The quantitative estimate of drug-likeness (QED) is 0.182. The fourth-order valence-electron chi connectivity index (χ4n) is 9.56. The topological polar surface area (TPSA) is 39.1 Å². The molecular formula is C57H45N3O. The van der Waals surface area contributed by atoms with E-state index in [-0.39, 0.29) is 0 Å². The molecule has 61 heavy (non-hydrogen) atoms. The molecule has 1 N–H and O–H groups in total. The van der Waals surface area contributed by atoms with Gasteiger partial charge in [-0.25, -0.2) is 5.06 Å². The van der Waals surface area contributed by atoms with Gasteiger partial charge in [0.2, 0.25) is 0 Å². The second kappa shape index (κ2) is 13.9. The van der Waals surface area contributed by atoms with Crippen molar-refractivity contribution in [3.63, 3.8) is 0 Å². The van der Waals surface area contributed by atoms with Crippen LogP contribution in [0.4, 0.5) is 17.1 Å². The van der Waals surface area contributed by atoms with Crippen molar-refractivity contribution in [1.29, 1.82) is 0 Å². The minimum atomic E-state index is -0.594. The average molecular weight is 788 g/mol. The Hall–Kier alpha value is -7.27. The zero-order valence-electron chi connectivity index (χ0n) is 34.8. The zero-order valence-corrected chi connectivity index (χ0v) is 34.8. The van der Waals surface area contributed by atoms with Crippen LogP contribution in [0.2, 0.25) is 0 Å². The largest absolute Gasteiger partial charge is 0.309 e. The number of rotatable bonds is 6. The summed E-state index contributed by atoms with van der Waals surface area (Å²) in [6, 6.07) is 70.2. The highest BCUT2D eigenvalue weighted by Crippen LogP contribution is 2.49. The maximum absolute atomic E-state index is 11.7. The minimum absolute atomic E-state index is 0.502. The third-order valence-electron chi connectivity index (χ3n) is 13.4. The van der Waals surface area contributed by atoms with Crippen molar-refractivity contribution >= 4 is 76.8 Å². The molecule has 1 aliphatic rings. The van der Waals surface area contributed by atoms with E-state index in [0.29, 0.717) is 5.84 Å². The van der Waals surface area contributed by atoms with Crippen molar-refractivity contribution in [1.82, 2.24) is 5.06 Å². The average Bonchev–Trinajstić information content (AvgIpc) is 3.46. The highest BCUT2D eigenvalue weighted by atomic mass is 16.5. The first-order chi connectivity index (χ1) is 29.7. The predicted molar refractivity (Wildman–Crippen MR) is 258 cm³/mol. The first kappa shape index (κ1) is 36.8. The van der Waals surface area contributed by atoms with E-state index in [9.17, 15) is 5.21 Å². The molecule has 0 radical (unpaired) electrons. The summed E-state index contributed by atoms with van der Waals surface area (Å²) in [6.45, 7) is 8.26. The smallest absolute Gasteiger partial charge is 0.156 e. The number of amidine groups is 1. The molecule has 0 unspecified atom stereocenters. The Morgan fingerprint density at radius 3 is 1.10 bits per heavy atom. The summed E-state index contributed by atoms with van der Waals surface area (Å²) in [7, 11) is 0. The van der Waals surface area contributed by atoms with E-state index in [1.165, 1.54) is 59.6 Å². The normalized spacial score (nSPS) is 14.6. The van der Waals surface area contributed by atoms with E-state index < -0.39 is 11.1 Å². The lowest BCUT2D eigenvalue weighted by atomic mass is 9.84. The van der Waals surface area contributed by atoms with Gasteiger partial charge < -0.3 is 4.90 Å². The number of nitrogens with zero attached hydrogens (tertiary/aromatic N) is 3. The van der Waals surface area contributed by atoms with E-state index in [2.05, 4.69) is 213 Å². The van der Waals surface area contributed by atoms with Gasteiger partial charge >= 0.3 is 0 Å². The molecule has 0 saturated heterocycles. The summed E-state index contributed by atoms with van der Waals surface area (Å²) >= 11 is 0. The predicted octanol–water partition coefficient (Wildman–Crippen LogP) is 15.3. The molecule has 4 nitrogen and oxygen atoms in total. The van der Waals surface area contributed by atoms with E-state index in [1.54, 1.807) is 0 Å². The number of hydroxylamine groups is 2. The summed E-state index contributed by atoms with van der Waals surface area (Å²) in [5.41, 5.74) is 7.80. The second-order valence-electron chi connectivity index (χ2n) is 17.3. The van der Waals surface area contributed by atoms with Crippen LogP contribution in [-0.2, 0) is 0 Å². The van der Waals surface area contributed by atoms with Crippen molar-refractivity contribution in [2.45, 2.75) is 38.8 Å². The van der Waals surface area contributed by atoms with Gasteiger partial charge in [-0.15, -0.1) is 0 Å². The molecule has 4 heteroatoms. The van der Waals surface area contributed by atoms with Crippen molar-refractivity contribution in [2.75, 3.05) is 4.90 Å². The number of aliphatic imine (C=N–C) groups is 1. The Bertz CT molecular complexity index is 3240. The molecule has 10 aromatic carbocycles. The number of hydrogen-bond acceptors (Lipinski definition) is 4. The Labute approximate surface area is 356 Å². The second-order valence-corrected chi connectivity index (χ2v) is 17.3. The van der Waals surface area contributed by atoms with Gasteiger partial charge in [0.15, 0.2) is 5.84 Å². The van der Waals surface area contributed by atoms with Crippen molar-refractivity contribution in [3.8, 4) is 22.3 Å². The molecule has 0 saturated carbocycles. The van der Waals surface area contributed by atoms with Gasteiger partial charge in [-0.2, -0.15) is 0 Å². The first-order valence-corrected chi connectivity index (χ1v) is 21.1. The molecule has 0 atom stereocenters. The van der Waals surface area contributed by atoms with E-state index in [0.717, 1.165) is 44.2 Å². The molecule has 0 aliphatic carbocycles. The Balaban J connectivity index is 1.20. The Kier molecular flexibility index (Phi) is 8.39. The van der Waals surface area contributed by atoms with Gasteiger partial charge in [-0.1, -0.05) is 170 Å². The summed E-state index contributed by atoms with van der Waals surface area (Å²) in [5, 5.41) is 24.7. The highest BCUT2D eigenvalue weighted by Gasteiger charge is 2.49. The van der Waals surface area contributed by atoms with Crippen LogP contribution in [0.5, 0.6) is 0 Å². The van der Waals surface area contributed by atoms with Crippen LogP contribution in [-0.4, -0.2) is 27.2 Å². The summed E-state index contributed by atoms with van der Waals surface area (Å²) in [6.07, 6.45) is 0. The molecule has 0 fully saturated rings. The molecule has 1 aliphatic heterocycles. The molecule has 11 rings (SSSR count). The van der Waals surface area contributed by atoms with Gasteiger partial charge in [-0.3, -0.25) is 10.2 Å². The van der Waals surface area contributed by atoms with Crippen LogP contribution < -0.4 is 4.90 Å². The standard InChI is InChI=1S/C57H45N3O/c1-56(2)57(3,4)60(61)55(58-56)51-33-36-54(50-28-14-11-25-45(50)51)59(52-34-31-46(43-23-9-12-26-48(43)52)41-29-15-19-37-17-5-7-21-39(37)41)53-35-32-47(44-24-10-13-27-49(44)53)42-30-16-20-38-18-6-8-22-40(38)42/h5-36,61H,1-4H3. The van der Waals surface area contributed by atoms with Crippen LogP contribution in [0.1, 0.15) is 33.3 Å². The summed E-state index contributed by atoms with van der Waals surface area (Å²) < 4.78 is 0. The van der Waals surface area contributed by atoms with E-state index >= 15 is 0 Å². The van der Waals surface area contributed by atoms with Crippen LogP contribution in [0, 0.1) is 0 Å². The number of hydrogen-bond donors (Lipinski definition) is 1. The highest BCUT2D eigenvalue weighted by molar-refractivity contribution is 6.18. The van der Waals surface area contributed by atoms with Gasteiger partial charge in [-0.05, 0) is 112 Å². The fourth-order valence-corrected chi connectivity index (χ4v) is 9.56. The molecule has 10 aromatic rings. The van der Waals surface area contributed by atoms with E-state index in [1.807, 2.05) is 13.8 Å². The van der Waals surface area contributed by atoms with Gasteiger partial charge in [0.05, 0.1) is 28.1 Å². The first-order valence-electron chi connectivity index (χ1n) is 21.1. The van der Waals surface area contributed by atoms with Crippen LogP contribution >= 0.6 is 0 Å². The van der Waals surface area contributed by atoms with E-state index in [4.69, 9.17) is 4.99 Å². The fraction of sp³-hybridized carbons (Fsp3) is 0.105. The monoisotopic (exact) mass is 787 g/mol. The van der Waals surface area contributed by atoms with Crippen LogP contribution in [0.25, 0.3) is 76.1 Å². The third kappa shape index (κ3) is 5.67. The molecule has 0 bridgehead atoms. The molecule has 0 aromatic heterocycles. The van der Waals surface area contributed by atoms with Crippen molar-refractivity contribution < 1.29 is 5.21 Å². The zero-order chi connectivity index (χ0) is 41.5. The van der Waals surface area contributed by atoms with Gasteiger partial charge in [0, 0.05) is 21.7 Å². The van der Waals surface area contributed by atoms with Crippen LogP contribution in [0.3, 0.4) is 0 Å². The van der Waals surface area contributed by atoms with Gasteiger partial charge in [0.25, 0.3) is 0 Å². The Morgan fingerprint density at radius 1 is 0.361 bits per heavy atom. The number of anilines is 3. The van der Waals surface area contributed by atoms with Gasteiger partial charge in [0.1, 0.15) is 0 Å². The molecule has 0 spiro atoms. The molecular weight excluding hydrogens is 743 g/mol. The third-order valence-corrected chi connectivity index (χ3v) is 13.4. The van der Waals surface area contributed by atoms with Crippen molar-refractivity contribution in [2.24, 2.45) is 4.99 Å². The molecule has 294 valence electrons. The van der Waals surface area contributed by atoms with Crippen LogP contribution in [0.15, 0.2) is 199 Å². The molecule has 1 heterocycles. The number of fused-ring (bicyclic) bond motifs is 5. The maximum Gasteiger partial charge on any atom is 0.156 e. The minimum Gasteiger partial charge on any atom is -0.309 e. The summed E-state index contributed by atoms with van der Waals surface area (Å²) in [5.74, 6) is 0.582. The lowest BCUT2D eigenvalue weighted by Gasteiger charge is -2.37. The number of benzene rings is 10. The Morgan fingerprint density at radius 2 is 0.689 bits per heavy atom. The van der Waals surface area contributed by atoms with Crippen molar-refractivity contribution in [3.05, 3.63) is 200 Å². The summed E-state index contributed by atoms with van der Waals surface area (Å²) in [4.78, 5) is 7.60. The maximum atomic E-state index is 11.7. The molecule has 0 amide bonds. The lowest BCUT2D eigenvalue weighted by Crippen LogP contribution is -2.51. The SMILES string of the molecule is CC1(C)N=C(c2ccc(N(c3ccc(-c4cccc5ccccc45)c4ccccc34)c3ccc(-c4cccc5ccccc45)c4ccccc34)c3ccccc23)N(O)C1(C)C. The lowest BCUT2D eigenvalue weighted by molar-refractivity contribution is -0.0991.